The second-order valence-corrected chi connectivity index (χ2v) is 7.75. The molecule has 1 N–H and O–H groups in total. The number of piperidine rings is 1. The number of carbonyl (C=O) groups excluding carboxylic acids is 1. The highest BCUT2D eigenvalue weighted by molar-refractivity contribution is 7.09. The molecule has 0 aliphatic carbocycles. The molecule has 26 heavy (non-hydrogen) atoms. The predicted octanol–water partition coefficient (Wildman–Crippen LogP) is 4.12. The van der Waals surface area contributed by atoms with Crippen molar-refractivity contribution in [3.8, 4) is 0 Å². The number of amides is 1. The molecule has 1 aromatic heterocycles. The van der Waals surface area contributed by atoms with Gasteiger partial charge >= 0.3 is 5.97 Å². The molecular formula is C19H21FN2O3S. The maximum Gasteiger partial charge on any atom is 0.335 e. The van der Waals surface area contributed by atoms with Crippen molar-refractivity contribution in [3.05, 3.63) is 51.2 Å². The van der Waals surface area contributed by atoms with Crippen LogP contribution in [0.2, 0.25) is 0 Å². The lowest BCUT2D eigenvalue weighted by Gasteiger charge is -2.32. The fourth-order valence-electron chi connectivity index (χ4n) is 3.11. The Hall–Kier alpha value is -2.28. The van der Waals surface area contributed by atoms with Crippen LogP contribution >= 0.6 is 11.3 Å². The molecule has 1 amide bonds. The molecule has 2 heterocycles. The van der Waals surface area contributed by atoms with Gasteiger partial charge in [0, 0.05) is 24.4 Å². The average molecular weight is 376 g/mol. The Bertz CT molecular complexity index is 834. The second-order valence-electron chi connectivity index (χ2n) is 6.86. The summed E-state index contributed by atoms with van der Waals surface area (Å²) in [6.45, 7) is 5.26. The Kier molecular flexibility index (Phi) is 5.36. The van der Waals surface area contributed by atoms with Gasteiger partial charge in [0.05, 0.1) is 21.8 Å². The van der Waals surface area contributed by atoms with Crippen LogP contribution in [0.25, 0.3) is 0 Å². The van der Waals surface area contributed by atoms with Gasteiger partial charge in [0.25, 0.3) is 5.91 Å². The molecule has 0 saturated carbocycles. The molecule has 1 aliphatic heterocycles. The van der Waals surface area contributed by atoms with Crippen LogP contribution in [-0.2, 0) is 0 Å². The number of hydrogen-bond donors (Lipinski definition) is 1. The first-order chi connectivity index (χ1) is 12.4. The zero-order valence-corrected chi connectivity index (χ0v) is 15.6. The fourth-order valence-corrected chi connectivity index (χ4v) is 4.22. The topological polar surface area (TPSA) is 70.5 Å². The highest BCUT2D eigenvalue weighted by Crippen LogP contribution is 2.31. The molecule has 1 aliphatic rings. The first kappa shape index (κ1) is 18.5. The number of carboxylic acids is 1. The maximum atomic E-state index is 14.2. The number of aromatic carboxylic acids is 1. The predicted molar refractivity (Wildman–Crippen MR) is 97.4 cm³/mol. The van der Waals surface area contributed by atoms with E-state index in [0.717, 1.165) is 29.6 Å². The number of likely N-dealkylation sites (tertiary alicyclic amines) is 1. The second kappa shape index (κ2) is 7.53. The normalized spacial score (nSPS) is 17.5. The third-order valence-electron chi connectivity index (χ3n) is 4.64. The van der Waals surface area contributed by atoms with E-state index in [-0.39, 0.29) is 17.0 Å². The summed E-state index contributed by atoms with van der Waals surface area (Å²) in [7, 11) is 0. The number of halogens is 1. The van der Waals surface area contributed by atoms with Crippen molar-refractivity contribution in [1.29, 1.82) is 0 Å². The van der Waals surface area contributed by atoms with Gasteiger partial charge in [-0.25, -0.2) is 14.2 Å². The van der Waals surface area contributed by atoms with Crippen LogP contribution in [0.3, 0.4) is 0 Å². The van der Waals surface area contributed by atoms with E-state index in [2.05, 4.69) is 24.2 Å². The van der Waals surface area contributed by atoms with E-state index in [1.54, 1.807) is 16.2 Å². The van der Waals surface area contributed by atoms with Crippen molar-refractivity contribution in [2.24, 2.45) is 0 Å². The van der Waals surface area contributed by atoms with Gasteiger partial charge in [-0.3, -0.25) is 4.79 Å². The van der Waals surface area contributed by atoms with E-state index >= 15 is 0 Å². The van der Waals surface area contributed by atoms with Crippen LogP contribution in [0.5, 0.6) is 0 Å². The molecule has 1 atom stereocenters. The lowest BCUT2D eigenvalue weighted by Crippen LogP contribution is -2.39. The van der Waals surface area contributed by atoms with Crippen LogP contribution in [0.1, 0.15) is 69.9 Å². The smallest absolute Gasteiger partial charge is 0.335 e. The number of aromatic nitrogens is 1. The minimum Gasteiger partial charge on any atom is -0.478 e. The Morgan fingerprint density at radius 2 is 2.15 bits per heavy atom. The van der Waals surface area contributed by atoms with E-state index in [0.29, 0.717) is 19.0 Å². The Labute approximate surface area is 155 Å². The molecule has 5 nitrogen and oxygen atoms in total. The van der Waals surface area contributed by atoms with Crippen LogP contribution < -0.4 is 0 Å². The summed E-state index contributed by atoms with van der Waals surface area (Å²) < 4.78 is 14.2. The first-order valence-electron chi connectivity index (χ1n) is 8.64. The third-order valence-corrected chi connectivity index (χ3v) is 5.66. The summed E-state index contributed by atoms with van der Waals surface area (Å²) >= 11 is 1.61. The number of hydrogen-bond acceptors (Lipinski definition) is 4. The molecule has 1 fully saturated rings. The van der Waals surface area contributed by atoms with Crippen LogP contribution in [0.15, 0.2) is 23.6 Å². The summed E-state index contributed by atoms with van der Waals surface area (Å²) in [6, 6.07) is 3.41. The van der Waals surface area contributed by atoms with Crippen molar-refractivity contribution >= 4 is 23.2 Å². The number of carbonyl (C=O) groups is 2. The summed E-state index contributed by atoms with van der Waals surface area (Å²) in [6.07, 6.45) is 1.79. The summed E-state index contributed by atoms with van der Waals surface area (Å²) in [5.74, 6) is -1.89. The number of nitrogens with zero attached hydrogens (tertiary/aromatic N) is 2. The average Bonchev–Trinajstić information content (AvgIpc) is 3.11. The number of carboxylic acid groups (broad SMARTS) is 1. The van der Waals surface area contributed by atoms with Gasteiger partial charge in [-0.15, -0.1) is 11.3 Å². The quantitative estimate of drug-likeness (QED) is 0.871. The third kappa shape index (κ3) is 3.77. The van der Waals surface area contributed by atoms with E-state index < -0.39 is 17.7 Å². The highest BCUT2D eigenvalue weighted by atomic mass is 32.1. The van der Waals surface area contributed by atoms with Crippen LogP contribution in [0, 0.1) is 5.82 Å². The molecule has 1 saturated heterocycles. The first-order valence-corrected chi connectivity index (χ1v) is 9.52. The molecule has 1 aromatic carbocycles. The zero-order chi connectivity index (χ0) is 18.8. The van der Waals surface area contributed by atoms with Gasteiger partial charge in [-0.1, -0.05) is 13.8 Å². The van der Waals surface area contributed by atoms with Crippen LogP contribution in [-0.4, -0.2) is 40.0 Å². The molecule has 7 heteroatoms. The van der Waals surface area contributed by atoms with Gasteiger partial charge in [-0.05, 0) is 37.0 Å². The van der Waals surface area contributed by atoms with Gasteiger partial charge in [-0.2, -0.15) is 0 Å². The van der Waals surface area contributed by atoms with Crippen molar-refractivity contribution in [3.63, 3.8) is 0 Å². The Balaban J connectivity index is 1.76. The summed E-state index contributed by atoms with van der Waals surface area (Å²) in [5.41, 5.74) is 0.806. The summed E-state index contributed by atoms with van der Waals surface area (Å²) in [5, 5.41) is 12.0. The fraction of sp³-hybridized carbons (Fsp3) is 0.421. The highest BCUT2D eigenvalue weighted by Gasteiger charge is 2.29. The summed E-state index contributed by atoms with van der Waals surface area (Å²) in [4.78, 5) is 30.0. The Morgan fingerprint density at radius 3 is 2.77 bits per heavy atom. The van der Waals surface area contributed by atoms with E-state index in [4.69, 9.17) is 5.11 Å². The molecule has 0 radical (unpaired) electrons. The van der Waals surface area contributed by atoms with Crippen molar-refractivity contribution in [1.82, 2.24) is 9.88 Å². The van der Waals surface area contributed by atoms with Gasteiger partial charge in [0.2, 0.25) is 0 Å². The van der Waals surface area contributed by atoms with Crippen molar-refractivity contribution in [2.75, 3.05) is 13.1 Å². The largest absolute Gasteiger partial charge is 0.478 e. The lowest BCUT2D eigenvalue weighted by atomic mass is 9.97. The molecule has 0 spiro atoms. The molecule has 2 aromatic rings. The van der Waals surface area contributed by atoms with Gasteiger partial charge in [0.15, 0.2) is 0 Å². The number of thiazole rings is 1. The monoisotopic (exact) mass is 376 g/mol. The maximum absolute atomic E-state index is 14.2. The Morgan fingerprint density at radius 1 is 1.38 bits per heavy atom. The zero-order valence-electron chi connectivity index (χ0n) is 14.7. The lowest BCUT2D eigenvalue weighted by molar-refractivity contribution is 0.0684. The molecule has 1 unspecified atom stereocenters. The van der Waals surface area contributed by atoms with Crippen molar-refractivity contribution < 1.29 is 19.1 Å². The number of benzene rings is 1. The van der Waals surface area contributed by atoms with E-state index in [1.807, 2.05) is 0 Å². The molecule has 0 bridgehead atoms. The molecular weight excluding hydrogens is 355 g/mol. The molecule has 138 valence electrons. The van der Waals surface area contributed by atoms with Crippen LogP contribution in [0.4, 0.5) is 4.39 Å². The minimum absolute atomic E-state index is 0.0855. The van der Waals surface area contributed by atoms with E-state index in [1.165, 1.54) is 12.1 Å². The van der Waals surface area contributed by atoms with E-state index in [9.17, 15) is 14.0 Å². The van der Waals surface area contributed by atoms with Gasteiger partial charge < -0.3 is 10.0 Å². The minimum atomic E-state index is -1.22. The molecule has 3 rings (SSSR count). The van der Waals surface area contributed by atoms with Crippen molar-refractivity contribution in [2.45, 2.75) is 38.5 Å². The SMILES string of the molecule is CC(C)c1csc(C2CCCN(C(=O)c3ccc(C(=O)O)cc3F)C2)n1. The number of rotatable bonds is 4. The van der Waals surface area contributed by atoms with Gasteiger partial charge in [0.1, 0.15) is 5.82 Å². The standard InChI is InChI=1S/C19H21FN2O3S/c1-11(2)16-10-26-17(21-16)13-4-3-7-22(9-13)18(23)14-6-5-12(19(24)25)8-15(14)20/h5-6,8,10-11,13H,3-4,7,9H2,1-2H3,(H,24,25).